The highest BCUT2D eigenvalue weighted by atomic mass is 32.1. The summed E-state index contributed by atoms with van der Waals surface area (Å²) >= 11 is 1.39. The molecule has 0 aliphatic carbocycles. The molecule has 3 aromatic rings. The van der Waals surface area contributed by atoms with Crippen molar-refractivity contribution in [2.24, 2.45) is 5.73 Å². The van der Waals surface area contributed by atoms with Crippen LogP contribution < -0.4 is 10.6 Å². The summed E-state index contributed by atoms with van der Waals surface area (Å²) < 4.78 is 18.6. The molecule has 0 spiro atoms. The minimum Gasteiger partial charge on any atom is -0.330 e. The van der Waals surface area contributed by atoms with E-state index in [0.717, 1.165) is 22.3 Å². The highest BCUT2D eigenvalue weighted by molar-refractivity contribution is 7.12. The molecule has 0 saturated carbocycles. The fourth-order valence-electron chi connectivity index (χ4n) is 2.32. The first-order chi connectivity index (χ1) is 10.3. The van der Waals surface area contributed by atoms with Crippen LogP contribution in [0.2, 0.25) is 0 Å². The van der Waals surface area contributed by atoms with Crippen LogP contribution in [-0.2, 0) is 0 Å². The Labute approximate surface area is 127 Å². The second-order valence-corrected chi connectivity index (χ2v) is 5.50. The predicted octanol–water partition coefficient (Wildman–Crippen LogP) is 3.92. The largest absolute Gasteiger partial charge is 0.330 e. The number of nitrogens with zero attached hydrogens (tertiary/aromatic N) is 2. The van der Waals surface area contributed by atoms with Crippen LogP contribution >= 0.6 is 11.5 Å². The molecule has 0 atom stereocenters. The topological polar surface area (TPSA) is 42.1 Å². The van der Waals surface area contributed by atoms with Gasteiger partial charge in [-0.05, 0) is 48.8 Å². The highest BCUT2D eigenvalue weighted by Gasteiger charge is 2.17. The van der Waals surface area contributed by atoms with Gasteiger partial charge in [-0.1, -0.05) is 24.3 Å². The van der Waals surface area contributed by atoms with Crippen LogP contribution in [0.3, 0.4) is 0 Å². The van der Waals surface area contributed by atoms with Crippen LogP contribution in [0.25, 0.3) is 10.9 Å². The summed E-state index contributed by atoms with van der Waals surface area (Å²) in [5, 5.41) is 2.01. The second kappa shape index (κ2) is 6.20. The molecule has 0 fully saturated rings. The Bertz CT molecular complexity index is 741. The van der Waals surface area contributed by atoms with Crippen molar-refractivity contribution in [1.29, 1.82) is 0 Å². The maximum Gasteiger partial charge on any atom is 0.146 e. The zero-order valence-electron chi connectivity index (χ0n) is 11.5. The summed E-state index contributed by atoms with van der Waals surface area (Å²) in [7, 11) is 0. The number of rotatable bonds is 5. The number of para-hydroxylation sites is 1. The van der Waals surface area contributed by atoms with Crippen LogP contribution in [0.5, 0.6) is 0 Å². The molecule has 0 amide bonds. The molecule has 3 rings (SSSR count). The minimum atomic E-state index is -0.230. The highest BCUT2D eigenvalue weighted by Crippen LogP contribution is 2.36. The first-order valence-electron chi connectivity index (χ1n) is 6.88. The van der Waals surface area contributed by atoms with Gasteiger partial charge in [0, 0.05) is 11.9 Å². The Morgan fingerprint density at radius 2 is 1.86 bits per heavy atom. The van der Waals surface area contributed by atoms with Crippen molar-refractivity contribution in [2.75, 3.05) is 18.0 Å². The fraction of sp³-hybridized carbons (Fsp3) is 0.188. The molecule has 1 aromatic heterocycles. The molecule has 21 heavy (non-hydrogen) atoms. The van der Waals surface area contributed by atoms with Gasteiger partial charge in [0.1, 0.15) is 10.8 Å². The van der Waals surface area contributed by atoms with Gasteiger partial charge in [-0.25, -0.2) is 4.39 Å². The lowest BCUT2D eigenvalue weighted by Gasteiger charge is -2.23. The molecule has 2 N–H and O–H groups in total. The molecular formula is C16H16FN3S. The van der Waals surface area contributed by atoms with E-state index in [0.29, 0.717) is 18.8 Å². The van der Waals surface area contributed by atoms with E-state index in [2.05, 4.69) is 4.37 Å². The molecule has 0 aliphatic heterocycles. The summed E-state index contributed by atoms with van der Waals surface area (Å²) in [6.07, 6.45) is 0.792. The van der Waals surface area contributed by atoms with Gasteiger partial charge >= 0.3 is 0 Å². The number of anilines is 2. The number of benzene rings is 2. The van der Waals surface area contributed by atoms with E-state index in [1.807, 2.05) is 35.2 Å². The van der Waals surface area contributed by atoms with E-state index in [4.69, 9.17) is 5.73 Å². The summed E-state index contributed by atoms with van der Waals surface area (Å²) in [6, 6.07) is 14.7. The number of hydrogen-bond donors (Lipinski definition) is 1. The molecule has 0 bridgehead atoms. The third-order valence-electron chi connectivity index (χ3n) is 3.34. The van der Waals surface area contributed by atoms with E-state index >= 15 is 0 Å². The Balaban J connectivity index is 2.09. The number of halogens is 1. The van der Waals surface area contributed by atoms with Gasteiger partial charge in [-0.15, -0.1) is 0 Å². The van der Waals surface area contributed by atoms with Crippen LogP contribution in [0.15, 0.2) is 48.5 Å². The van der Waals surface area contributed by atoms with Crippen molar-refractivity contribution in [3.63, 3.8) is 0 Å². The Hall–Kier alpha value is -1.98. The Morgan fingerprint density at radius 1 is 1.10 bits per heavy atom. The smallest absolute Gasteiger partial charge is 0.146 e. The van der Waals surface area contributed by atoms with Gasteiger partial charge in [0.15, 0.2) is 0 Å². The van der Waals surface area contributed by atoms with Crippen LogP contribution in [-0.4, -0.2) is 17.5 Å². The van der Waals surface area contributed by atoms with Crippen molar-refractivity contribution in [2.45, 2.75) is 6.42 Å². The monoisotopic (exact) mass is 301 g/mol. The quantitative estimate of drug-likeness (QED) is 0.776. The van der Waals surface area contributed by atoms with Gasteiger partial charge < -0.3 is 10.6 Å². The molecule has 0 saturated heterocycles. The molecule has 0 aliphatic rings. The first kappa shape index (κ1) is 14.0. The average Bonchev–Trinajstić information content (AvgIpc) is 2.93. The van der Waals surface area contributed by atoms with Gasteiger partial charge in [0.2, 0.25) is 0 Å². The lowest BCUT2D eigenvalue weighted by molar-refractivity contribution is 0.624. The van der Waals surface area contributed by atoms with E-state index in [9.17, 15) is 4.39 Å². The van der Waals surface area contributed by atoms with Crippen LogP contribution in [0, 0.1) is 5.82 Å². The SMILES string of the molecule is NCCCN(c1ccccc1F)c1snc2ccccc12. The molecule has 0 radical (unpaired) electrons. The fourth-order valence-corrected chi connectivity index (χ4v) is 3.22. The summed E-state index contributed by atoms with van der Waals surface area (Å²) in [5.41, 5.74) is 7.13. The summed E-state index contributed by atoms with van der Waals surface area (Å²) in [5.74, 6) is -0.230. The number of aromatic nitrogens is 1. The first-order valence-corrected chi connectivity index (χ1v) is 7.65. The van der Waals surface area contributed by atoms with Crippen molar-refractivity contribution >= 4 is 33.1 Å². The van der Waals surface area contributed by atoms with Gasteiger partial charge in [0.25, 0.3) is 0 Å². The van der Waals surface area contributed by atoms with E-state index in [1.54, 1.807) is 12.1 Å². The van der Waals surface area contributed by atoms with Crippen LogP contribution in [0.4, 0.5) is 15.1 Å². The lowest BCUT2D eigenvalue weighted by atomic mass is 10.2. The third-order valence-corrected chi connectivity index (χ3v) is 4.24. The number of hydrogen-bond acceptors (Lipinski definition) is 4. The number of fused-ring (bicyclic) bond motifs is 1. The van der Waals surface area contributed by atoms with Crippen molar-refractivity contribution in [1.82, 2.24) is 4.37 Å². The third kappa shape index (κ3) is 2.75. The zero-order valence-corrected chi connectivity index (χ0v) is 12.3. The zero-order chi connectivity index (χ0) is 14.7. The molecule has 1 heterocycles. The minimum absolute atomic E-state index is 0.230. The molecule has 5 heteroatoms. The standard InChI is InChI=1S/C16H16FN3S/c17-13-7-2-4-9-15(13)20(11-5-10-18)16-12-6-1-3-8-14(12)19-21-16/h1-4,6-9H,5,10-11,18H2. The van der Waals surface area contributed by atoms with Crippen LogP contribution in [0.1, 0.15) is 6.42 Å². The molecule has 3 nitrogen and oxygen atoms in total. The van der Waals surface area contributed by atoms with Gasteiger partial charge in [0.05, 0.1) is 11.2 Å². The average molecular weight is 301 g/mol. The maximum atomic E-state index is 14.2. The van der Waals surface area contributed by atoms with Crippen molar-refractivity contribution < 1.29 is 4.39 Å². The molecule has 108 valence electrons. The van der Waals surface area contributed by atoms with Crippen molar-refractivity contribution in [3.05, 3.63) is 54.3 Å². The molecule has 2 aromatic carbocycles. The summed E-state index contributed by atoms with van der Waals surface area (Å²) in [6.45, 7) is 1.24. The number of nitrogens with two attached hydrogens (primary N) is 1. The Morgan fingerprint density at radius 3 is 2.67 bits per heavy atom. The predicted molar refractivity (Wildman–Crippen MR) is 86.7 cm³/mol. The van der Waals surface area contributed by atoms with E-state index < -0.39 is 0 Å². The summed E-state index contributed by atoms with van der Waals surface area (Å²) in [4.78, 5) is 1.97. The van der Waals surface area contributed by atoms with Crippen molar-refractivity contribution in [3.8, 4) is 0 Å². The van der Waals surface area contributed by atoms with E-state index in [-0.39, 0.29) is 5.82 Å². The normalized spacial score (nSPS) is 11.0. The lowest BCUT2D eigenvalue weighted by Crippen LogP contribution is -2.21. The van der Waals surface area contributed by atoms with Gasteiger partial charge in [-0.3, -0.25) is 0 Å². The second-order valence-electron chi connectivity index (χ2n) is 4.75. The molecular weight excluding hydrogens is 285 g/mol. The Kier molecular flexibility index (Phi) is 4.13. The molecule has 0 unspecified atom stereocenters. The maximum absolute atomic E-state index is 14.2. The van der Waals surface area contributed by atoms with Gasteiger partial charge in [-0.2, -0.15) is 4.37 Å². The van der Waals surface area contributed by atoms with E-state index in [1.165, 1.54) is 17.6 Å².